The lowest BCUT2D eigenvalue weighted by molar-refractivity contribution is 0.224. The van der Waals surface area contributed by atoms with Crippen LogP contribution in [0.1, 0.15) is 13.8 Å². The van der Waals surface area contributed by atoms with Crippen molar-refractivity contribution in [2.24, 2.45) is 4.99 Å². The van der Waals surface area contributed by atoms with Crippen LogP contribution < -0.4 is 29.6 Å². The highest BCUT2D eigenvalue weighted by Crippen LogP contribution is 2.30. The number of hydrogen-bond acceptors (Lipinski definition) is 5. The molecule has 2 aromatic rings. The highest BCUT2D eigenvalue weighted by molar-refractivity contribution is 5.93. The van der Waals surface area contributed by atoms with E-state index >= 15 is 0 Å². The van der Waals surface area contributed by atoms with Crippen LogP contribution in [-0.2, 0) is 0 Å². The molecule has 0 aliphatic carbocycles. The minimum atomic E-state index is -0.0539. The molecule has 7 nitrogen and oxygen atoms in total. The van der Waals surface area contributed by atoms with Crippen molar-refractivity contribution in [2.45, 2.75) is 20.0 Å². The number of methoxy groups -OCH3 is 2. The quantitative estimate of drug-likeness (QED) is 0.506. The van der Waals surface area contributed by atoms with Crippen molar-refractivity contribution >= 4 is 11.6 Å². The van der Waals surface area contributed by atoms with Crippen molar-refractivity contribution < 1.29 is 18.9 Å². The molecule has 2 aromatic carbocycles. The van der Waals surface area contributed by atoms with E-state index in [0.717, 1.165) is 17.2 Å². The van der Waals surface area contributed by atoms with Gasteiger partial charge < -0.3 is 29.6 Å². The van der Waals surface area contributed by atoms with Crippen LogP contribution in [0.4, 0.5) is 5.69 Å². The maximum Gasteiger partial charge on any atom is 0.195 e. The Morgan fingerprint density at radius 2 is 1.71 bits per heavy atom. The molecule has 0 bridgehead atoms. The fourth-order valence-electron chi connectivity index (χ4n) is 2.51. The van der Waals surface area contributed by atoms with Crippen LogP contribution in [0.25, 0.3) is 0 Å². The highest BCUT2D eigenvalue weighted by atomic mass is 16.5. The van der Waals surface area contributed by atoms with E-state index in [1.807, 2.05) is 56.3 Å². The molecule has 0 radical (unpaired) electrons. The van der Waals surface area contributed by atoms with Crippen LogP contribution in [0.3, 0.4) is 0 Å². The van der Waals surface area contributed by atoms with Gasteiger partial charge in [0.25, 0.3) is 0 Å². The zero-order valence-corrected chi connectivity index (χ0v) is 17.1. The van der Waals surface area contributed by atoms with E-state index in [2.05, 4.69) is 15.6 Å². The summed E-state index contributed by atoms with van der Waals surface area (Å²) in [5.74, 6) is 3.60. The maximum absolute atomic E-state index is 5.90. The Bertz CT molecular complexity index is 763. The third-order valence-electron chi connectivity index (χ3n) is 3.90. The molecule has 0 aliphatic rings. The highest BCUT2D eigenvalue weighted by Gasteiger charge is 2.09. The molecular weight excluding hydrogens is 358 g/mol. The Morgan fingerprint density at radius 1 is 1.00 bits per heavy atom. The van der Waals surface area contributed by atoms with E-state index in [1.54, 1.807) is 21.3 Å². The Hall–Kier alpha value is -3.09. The Morgan fingerprint density at radius 3 is 2.32 bits per heavy atom. The van der Waals surface area contributed by atoms with Gasteiger partial charge in [-0.25, -0.2) is 0 Å². The van der Waals surface area contributed by atoms with Crippen LogP contribution in [0.2, 0.25) is 0 Å². The van der Waals surface area contributed by atoms with E-state index in [-0.39, 0.29) is 6.10 Å². The number of anilines is 1. The van der Waals surface area contributed by atoms with Crippen molar-refractivity contribution in [3.8, 4) is 23.0 Å². The third kappa shape index (κ3) is 6.26. The van der Waals surface area contributed by atoms with Gasteiger partial charge in [0.1, 0.15) is 17.6 Å². The topological polar surface area (TPSA) is 73.3 Å². The molecule has 0 fully saturated rings. The zero-order valence-electron chi connectivity index (χ0n) is 17.1. The second-order valence-electron chi connectivity index (χ2n) is 5.98. The minimum Gasteiger partial charge on any atom is -0.497 e. The van der Waals surface area contributed by atoms with Crippen molar-refractivity contribution in [3.05, 3.63) is 42.5 Å². The van der Waals surface area contributed by atoms with Gasteiger partial charge in [-0.05, 0) is 50.2 Å². The Balaban J connectivity index is 1.90. The number of nitrogens with one attached hydrogen (secondary N) is 2. The zero-order chi connectivity index (χ0) is 20.4. The molecule has 2 rings (SSSR count). The van der Waals surface area contributed by atoms with E-state index in [0.29, 0.717) is 30.6 Å². The summed E-state index contributed by atoms with van der Waals surface area (Å²) in [6.07, 6.45) is -0.0539. The molecule has 0 saturated carbocycles. The van der Waals surface area contributed by atoms with Gasteiger partial charge in [0.05, 0.1) is 27.4 Å². The number of hydrogen-bond donors (Lipinski definition) is 2. The van der Waals surface area contributed by atoms with E-state index in [4.69, 9.17) is 18.9 Å². The van der Waals surface area contributed by atoms with Crippen LogP contribution in [-0.4, -0.2) is 46.5 Å². The molecular formula is C21H29N3O4. The van der Waals surface area contributed by atoms with Gasteiger partial charge in [0, 0.05) is 18.8 Å². The van der Waals surface area contributed by atoms with E-state index < -0.39 is 0 Å². The third-order valence-corrected chi connectivity index (χ3v) is 3.90. The van der Waals surface area contributed by atoms with Gasteiger partial charge in [-0.15, -0.1) is 0 Å². The summed E-state index contributed by atoms with van der Waals surface area (Å²) in [5.41, 5.74) is 0.848. The summed E-state index contributed by atoms with van der Waals surface area (Å²) < 4.78 is 22.0. The van der Waals surface area contributed by atoms with Gasteiger partial charge in [-0.1, -0.05) is 0 Å². The first-order valence-electron chi connectivity index (χ1n) is 9.18. The molecule has 1 unspecified atom stereocenters. The summed E-state index contributed by atoms with van der Waals surface area (Å²) in [6.45, 7) is 5.07. The number of nitrogens with zero attached hydrogens (tertiary/aromatic N) is 1. The molecule has 2 N–H and O–H groups in total. The number of guanidine groups is 1. The minimum absolute atomic E-state index is 0.0539. The number of aliphatic imine (C=N–C) groups is 1. The molecule has 1 atom stereocenters. The average Bonchev–Trinajstić information content (AvgIpc) is 2.72. The molecule has 7 heteroatoms. The fourth-order valence-corrected chi connectivity index (χ4v) is 2.51. The van der Waals surface area contributed by atoms with Crippen molar-refractivity contribution in [2.75, 3.05) is 39.7 Å². The smallest absolute Gasteiger partial charge is 0.195 e. The standard InChI is InChI=1S/C21H29N3O4/c1-6-27-20-13-16(7-12-19(20)26-5)24-21(22-3)23-14-15(2)28-18-10-8-17(25-4)9-11-18/h7-13,15H,6,14H2,1-5H3,(H2,22,23,24). The predicted molar refractivity (Wildman–Crippen MR) is 112 cm³/mol. The molecule has 0 aromatic heterocycles. The second-order valence-corrected chi connectivity index (χ2v) is 5.98. The first-order chi connectivity index (χ1) is 13.6. The lowest BCUT2D eigenvalue weighted by Crippen LogP contribution is -2.37. The van der Waals surface area contributed by atoms with Crippen molar-refractivity contribution in [1.29, 1.82) is 0 Å². The molecule has 0 aliphatic heterocycles. The molecule has 152 valence electrons. The summed E-state index contributed by atoms with van der Waals surface area (Å²) in [4.78, 5) is 4.25. The van der Waals surface area contributed by atoms with Gasteiger partial charge >= 0.3 is 0 Å². The van der Waals surface area contributed by atoms with Crippen molar-refractivity contribution in [1.82, 2.24) is 5.32 Å². The summed E-state index contributed by atoms with van der Waals surface area (Å²) >= 11 is 0. The molecule has 0 spiro atoms. The fraction of sp³-hybridized carbons (Fsp3) is 0.381. The van der Waals surface area contributed by atoms with E-state index in [9.17, 15) is 0 Å². The average molecular weight is 387 g/mol. The normalized spacial score (nSPS) is 12.1. The van der Waals surface area contributed by atoms with Crippen LogP contribution in [0, 0.1) is 0 Å². The number of ether oxygens (including phenoxy) is 4. The van der Waals surface area contributed by atoms with Crippen molar-refractivity contribution in [3.63, 3.8) is 0 Å². The largest absolute Gasteiger partial charge is 0.497 e. The summed E-state index contributed by atoms with van der Waals surface area (Å²) in [7, 11) is 4.98. The van der Waals surface area contributed by atoms with Crippen LogP contribution in [0.15, 0.2) is 47.5 Å². The molecule has 28 heavy (non-hydrogen) atoms. The number of rotatable bonds is 9. The summed E-state index contributed by atoms with van der Waals surface area (Å²) in [5, 5.41) is 6.50. The number of benzene rings is 2. The molecule has 0 amide bonds. The predicted octanol–water partition coefficient (Wildman–Crippen LogP) is 3.56. The first kappa shape index (κ1) is 21.2. The van der Waals surface area contributed by atoms with E-state index in [1.165, 1.54) is 0 Å². The Labute approximate surface area is 166 Å². The van der Waals surface area contributed by atoms with Gasteiger partial charge in [-0.2, -0.15) is 0 Å². The van der Waals surface area contributed by atoms with Gasteiger partial charge in [0.2, 0.25) is 0 Å². The first-order valence-corrected chi connectivity index (χ1v) is 9.18. The van der Waals surface area contributed by atoms with Gasteiger partial charge in [0.15, 0.2) is 17.5 Å². The van der Waals surface area contributed by atoms with Crippen LogP contribution >= 0.6 is 0 Å². The SMILES string of the molecule is CCOc1cc(NC(=NC)NCC(C)Oc2ccc(OC)cc2)ccc1OC. The summed E-state index contributed by atoms with van der Waals surface area (Å²) in [6, 6.07) is 13.2. The second kappa shape index (κ2) is 10.9. The monoisotopic (exact) mass is 387 g/mol. The lowest BCUT2D eigenvalue weighted by Gasteiger charge is -2.18. The maximum atomic E-state index is 5.90. The molecule has 0 heterocycles. The lowest BCUT2D eigenvalue weighted by atomic mass is 10.2. The Kier molecular flexibility index (Phi) is 8.27. The van der Waals surface area contributed by atoms with Crippen LogP contribution in [0.5, 0.6) is 23.0 Å². The molecule has 0 saturated heterocycles. The van der Waals surface area contributed by atoms with Gasteiger partial charge in [-0.3, -0.25) is 4.99 Å².